The van der Waals surface area contributed by atoms with Crippen LogP contribution in [-0.2, 0) is 30.0 Å². The number of methoxy groups -OCH3 is 1. The number of alkyl carbamates (subject to hydrolysis) is 1. The number of carbonyl (C=O) groups is 3. The van der Waals surface area contributed by atoms with Crippen molar-refractivity contribution < 1.29 is 23.9 Å². The number of rotatable bonds is 9. The third kappa shape index (κ3) is 10.9. The molecule has 2 amide bonds. The first-order valence-electron chi connectivity index (χ1n) is 8.42. The topological polar surface area (TPSA) is 93.7 Å². The molecule has 25 heavy (non-hydrogen) atoms. The molecule has 0 saturated carbocycles. The first-order chi connectivity index (χ1) is 11.5. The van der Waals surface area contributed by atoms with Crippen LogP contribution in [0.1, 0.15) is 47.0 Å². The van der Waals surface area contributed by atoms with E-state index < -0.39 is 35.7 Å². The van der Waals surface area contributed by atoms with Gasteiger partial charge in [-0.25, -0.2) is 9.59 Å². The van der Waals surface area contributed by atoms with Crippen molar-refractivity contribution in [1.82, 2.24) is 10.6 Å². The highest BCUT2D eigenvalue weighted by Gasteiger charge is 2.29. The van der Waals surface area contributed by atoms with Gasteiger partial charge in [-0.2, -0.15) is 0 Å². The van der Waals surface area contributed by atoms with E-state index in [0.29, 0.717) is 12.8 Å². The van der Waals surface area contributed by atoms with Crippen molar-refractivity contribution in [3.05, 3.63) is 0 Å². The van der Waals surface area contributed by atoms with Gasteiger partial charge in [-0.1, -0.05) is 13.3 Å². The molecule has 1 unspecified atom stereocenters. The van der Waals surface area contributed by atoms with Gasteiger partial charge in [-0.3, -0.25) is 4.79 Å². The largest absolute Gasteiger partial charge is 0.467 e. The molecular weight excluding hydrogens is 344 g/mol. The summed E-state index contributed by atoms with van der Waals surface area (Å²) >= 11 is 0. The molecule has 0 aliphatic heterocycles. The van der Waals surface area contributed by atoms with Gasteiger partial charge in [-0.05, 0) is 38.1 Å². The van der Waals surface area contributed by atoms with E-state index in [0.717, 1.165) is 12.2 Å². The number of hydrogen-bond donors (Lipinski definition) is 2. The van der Waals surface area contributed by atoms with E-state index in [9.17, 15) is 14.4 Å². The zero-order chi connectivity index (χ0) is 19.6. The lowest BCUT2D eigenvalue weighted by Gasteiger charge is -2.24. The minimum Gasteiger partial charge on any atom is -0.467 e. The number of nitrogens with one attached hydrogen (secondary N) is 2. The Morgan fingerprint density at radius 1 is 1.04 bits per heavy atom. The lowest BCUT2D eigenvalue weighted by molar-refractivity contribution is -0.145. The lowest BCUT2D eigenvalue weighted by atomic mass is 10.1. The highest BCUT2D eigenvalue weighted by atomic mass is 32.2. The van der Waals surface area contributed by atoms with E-state index in [1.54, 1.807) is 20.8 Å². The molecule has 0 aliphatic carbocycles. The number of amides is 2. The van der Waals surface area contributed by atoms with Crippen LogP contribution in [0.5, 0.6) is 0 Å². The average molecular weight is 378 g/mol. The summed E-state index contributed by atoms with van der Waals surface area (Å²) in [5, 5.41) is 5.29. The highest BCUT2D eigenvalue weighted by Crippen LogP contribution is 2.08. The summed E-state index contributed by atoms with van der Waals surface area (Å²) in [6.45, 7) is 7.18. The maximum atomic E-state index is 12.6. The van der Waals surface area contributed by atoms with Crippen LogP contribution < -0.4 is 10.6 Å². The Labute approximate surface area is 153 Å². The molecule has 2 atom stereocenters. The Hall–Kier alpha value is -1.44. The molecule has 0 aromatic rings. The predicted octanol–water partition coefficient (Wildman–Crippen LogP) is 1.61. The summed E-state index contributed by atoms with van der Waals surface area (Å²) in [6.07, 6.45) is 5.15. The Morgan fingerprint density at radius 3 is 2.08 bits per heavy atom. The zero-order valence-electron chi connectivity index (χ0n) is 16.4. The molecule has 0 aromatic heterocycles. The van der Waals surface area contributed by atoms with Crippen LogP contribution >= 0.6 is 0 Å². The molecule has 0 rings (SSSR count). The van der Waals surface area contributed by atoms with Gasteiger partial charge in [0.1, 0.15) is 23.4 Å². The van der Waals surface area contributed by atoms with Crippen molar-refractivity contribution in [2.24, 2.45) is 0 Å². The fraction of sp³-hybridized carbons (Fsp3) is 0.824. The number of carbonyl (C=O) groups excluding carboxylic acids is 3. The first kappa shape index (κ1) is 23.6. The monoisotopic (exact) mass is 377 g/mol. The molecule has 0 saturated heterocycles. The Bertz CT molecular complexity index is 449. The van der Waals surface area contributed by atoms with Gasteiger partial charge in [0.05, 0.1) is 19.6 Å². The Kier molecular flexibility index (Phi) is 10.6. The summed E-state index contributed by atoms with van der Waals surface area (Å²) in [5.41, 5.74) is -0.651. The van der Waals surface area contributed by atoms with Crippen LogP contribution in [0.2, 0.25) is 0 Å². The second-order valence-electron chi connectivity index (χ2n) is 7.05. The Morgan fingerprint density at radius 2 is 1.64 bits per heavy atom. The van der Waals surface area contributed by atoms with Crippen molar-refractivity contribution in [3.8, 4) is 0 Å². The minimum atomic E-state index is -0.756. The molecule has 0 aliphatic rings. The van der Waals surface area contributed by atoms with E-state index >= 15 is 0 Å². The van der Waals surface area contributed by atoms with Gasteiger partial charge in [0.25, 0.3) is 0 Å². The summed E-state index contributed by atoms with van der Waals surface area (Å²) < 4.78 is 9.95. The highest BCUT2D eigenvalue weighted by molar-refractivity contribution is 7.95. The molecule has 8 heteroatoms. The second-order valence-corrected chi connectivity index (χ2v) is 9.43. The van der Waals surface area contributed by atoms with Crippen LogP contribution in [0.4, 0.5) is 4.79 Å². The number of hydrogen-bond acceptors (Lipinski definition) is 5. The van der Waals surface area contributed by atoms with Crippen molar-refractivity contribution >= 4 is 28.9 Å². The molecule has 7 nitrogen and oxygen atoms in total. The van der Waals surface area contributed by atoms with Crippen LogP contribution in [0.3, 0.4) is 0 Å². The normalized spacial score (nSPS) is 13.8. The molecular formula is C17H33N2O5S+. The molecule has 0 bridgehead atoms. The summed E-state index contributed by atoms with van der Waals surface area (Å²) in [4.78, 5) is 36.4. The van der Waals surface area contributed by atoms with Gasteiger partial charge < -0.3 is 20.1 Å². The fourth-order valence-corrected chi connectivity index (χ4v) is 2.73. The van der Waals surface area contributed by atoms with E-state index in [-0.39, 0.29) is 10.9 Å². The maximum absolute atomic E-state index is 12.6. The molecule has 0 fully saturated rings. The standard InChI is InChI=1S/C17H32N2O5S/c1-8-9-13(15(21)23-5)18-14(20)12(10-11-25(6)7)19-16(22)24-17(2,3)4/h12-13H,8-11H2,1-7H3,(H-,18,19,20,22)/p+1/t12-,13?/m1/s1. The smallest absolute Gasteiger partial charge is 0.408 e. The van der Waals surface area contributed by atoms with Crippen molar-refractivity contribution in [3.63, 3.8) is 0 Å². The molecule has 0 radical (unpaired) electrons. The molecule has 0 heterocycles. The van der Waals surface area contributed by atoms with Gasteiger partial charge in [0, 0.05) is 6.42 Å². The third-order valence-electron chi connectivity index (χ3n) is 3.20. The van der Waals surface area contributed by atoms with E-state index in [1.807, 2.05) is 6.92 Å². The van der Waals surface area contributed by atoms with Crippen LogP contribution in [-0.4, -0.2) is 61.0 Å². The molecule has 146 valence electrons. The SMILES string of the molecule is CCCC(NC(=O)[C@@H](CC[S+](C)C)NC(=O)OC(C)(C)C)C(=O)OC. The second kappa shape index (κ2) is 11.2. The van der Waals surface area contributed by atoms with Crippen molar-refractivity contribution in [1.29, 1.82) is 0 Å². The summed E-state index contributed by atoms with van der Waals surface area (Å²) in [7, 11) is 1.41. The van der Waals surface area contributed by atoms with E-state index in [1.165, 1.54) is 7.11 Å². The summed E-state index contributed by atoms with van der Waals surface area (Å²) in [6, 6.07) is -1.47. The fourth-order valence-electron chi connectivity index (χ4n) is 2.02. The third-order valence-corrected chi connectivity index (χ3v) is 4.25. The van der Waals surface area contributed by atoms with Gasteiger partial charge in [0.2, 0.25) is 5.91 Å². The number of esters is 1. The van der Waals surface area contributed by atoms with E-state index in [4.69, 9.17) is 9.47 Å². The average Bonchev–Trinajstić information content (AvgIpc) is 2.47. The zero-order valence-corrected chi connectivity index (χ0v) is 17.2. The Balaban J connectivity index is 5.01. The molecule has 2 N–H and O–H groups in total. The minimum absolute atomic E-state index is 0.123. The van der Waals surface area contributed by atoms with Gasteiger partial charge >= 0.3 is 12.1 Å². The van der Waals surface area contributed by atoms with Crippen molar-refractivity contribution in [2.45, 2.75) is 64.6 Å². The lowest BCUT2D eigenvalue weighted by Crippen LogP contribution is -2.53. The molecule has 0 spiro atoms. The predicted molar refractivity (Wildman–Crippen MR) is 101 cm³/mol. The van der Waals surface area contributed by atoms with Gasteiger partial charge in [-0.15, -0.1) is 0 Å². The maximum Gasteiger partial charge on any atom is 0.408 e. The van der Waals surface area contributed by atoms with Crippen molar-refractivity contribution in [2.75, 3.05) is 25.4 Å². The van der Waals surface area contributed by atoms with Crippen LogP contribution in [0, 0.1) is 0 Å². The summed E-state index contributed by atoms with van der Waals surface area (Å²) in [5.74, 6) is -0.109. The molecule has 0 aromatic carbocycles. The van der Waals surface area contributed by atoms with Crippen LogP contribution in [0.25, 0.3) is 0 Å². The van der Waals surface area contributed by atoms with Crippen LogP contribution in [0.15, 0.2) is 0 Å². The van der Waals surface area contributed by atoms with E-state index in [2.05, 4.69) is 23.1 Å². The quantitative estimate of drug-likeness (QED) is 0.470. The first-order valence-corrected chi connectivity index (χ1v) is 10.6. The van der Waals surface area contributed by atoms with Gasteiger partial charge in [0.15, 0.2) is 0 Å². The number of ether oxygens (including phenoxy) is 2.